The number of alkyl halides is 3. The van der Waals surface area contributed by atoms with Crippen LogP contribution in [-0.4, -0.2) is 42.5 Å². The molecule has 0 unspecified atom stereocenters. The molecule has 11 heteroatoms. The van der Waals surface area contributed by atoms with Crippen LogP contribution >= 0.6 is 0 Å². The maximum absolute atomic E-state index is 13.4. The molecule has 4 heterocycles. The van der Waals surface area contributed by atoms with Crippen LogP contribution in [0.15, 0.2) is 65.6 Å². The summed E-state index contributed by atoms with van der Waals surface area (Å²) in [5.41, 5.74) is 3.48. The molecular formula is C28H25F3N6O2. The molecule has 1 fully saturated rings. The molecule has 1 aliphatic heterocycles. The number of aromatic amines is 1. The van der Waals surface area contributed by atoms with Gasteiger partial charge >= 0.3 is 11.9 Å². The minimum Gasteiger partial charge on any atom is -0.380 e. The minimum absolute atomic E-state index is 0.146. The molecule has 0 amide bonds. The molecule has 39 heavy (non-hydrogen) atoms. The van der Waals surface area contributed by atoms with E-state index in [0.717, 1.165) is 22.8 Å². The fourth-order valence-corrected chi connectivity index (χ4v) is 4.79. The average molecular weight is 535 g/mol. The van der Waals surface area contributed by atoms with Crippen molar-refractivity contribution in [3.8, 4) is 17.1 Å². The second-order valence-electron chi connectivity index (χ2n) is 9.95. The van der Waals surface area contributed by atoms with E-state index in [9.17, 15) is 18.0 Å². The summed E-state index contributed by atoms with van der Waals surface area (Å²) in [6.45, 7) is 5.14. The summed E-state index contributed by atoms with van der Waals surface area (Å²) < 4.78 is 48.1. The van der Waals surface area contributed by atoms with Crippen molar-refractivity contribution >= 4 is 11.2 Å². The Morgan fingerprint density at radius 2 is 1.85 bits per heavy atom. The second-order valence-corrected chi connectivity index (χ2v) is 9.95. The third-order valence-corrected chi connectivity index (χ3v) is 6.94. The average Bonchev–Trinajstić information content (AvgIpc) is 3.45. The first kappa shape index (κ1) is 25.1. The summed E-state index contributed by atoms with van der Waals surface area (Å²) in [5, 5.41) is 3.83. The van der Waals surface area contributed by atoms with Crippen molar-refractivity contribution in [2.24, 2.45) is 0 Å². The van der Waals surface area contributed by atoms with Crippen LogP contribution in [0.3, 0.4) is 0 Å². The number of aromatic nitrogens is 6. The molecule has 2 aromatic carbocycles. The fourth-order valence-electron chi connectivity index (χ4n) is 4.79. The van der Waals surface area contributed by atoms with E-state index < -0.39 is 11.9 Å². The predicted octanol–water partition coefficient (Wildman–Crippen LogP) is 5.28. The first-order chi connectivity index (χ1) is 18.7. The van der Waals surface area contributed by atoms with Gasteiger partial charge in [0, 0.05) is 11.5 Å². The highest BCUT2D eigenvalue weighted by Crippen LogP contribution is 2.34. The number of fused-ring (bicyclic) bond motifs is 1. The van der Waals surface area contributed by atoms with E-state index in [1.54, 1.807) is 30.5 Å². The van der Waals surface area contributed by atoms with Gasteiger partial charge in [0.25, 0.3) is 0 Å². The van der Waals surface area contributed by atoms with Gasteiger partial charge < -0.3 is 9.72 Å². The Labute approximate surface area is 221 Å². The molecular weight excluding hydrogens is 509 g/mol. The summed E-state index contributed by atoms with van der Waals surface area (Å²) in [6.07, 6.45) is -2.94. The van der Waals surface area contributed by atoms with Crippen molar-refractivity contribution in [2.75, 3.05) is 13.2 Å². The summed E-state index contributed by atoms with van der Waals surface area (Å²) in [5.74, 6) is 0.654. The first-order valence-corrected chi connectivity index (χ1v) is 12.6. The van der Waals surface area contributed by atoms with Gasteiger partial charge in [-0.15, -0.1) is 0 Å². The quantitative estimate of drug-likeness (QED) is 0.320. The lowest BCUT2D eigenvalue weighted by Crippen LogP contribution is -2.27. The van der Waals surface area contributed by atoms with Crippen molar-refractivity contribution in [3.63, 3.8) is 0 Å². The van der Waals surface area contributed by atoms with Gasteiger partial charge in [0.1, 0.15) is 5.52 Å². The highest BCUT2D eigenvalue weighted by molar-refractivity contribution is 5.73. The normalized spacial score (nSPS) is 14.3. The van der Waals surface area contributed by atoms with Crippen molar-refractivity contribution in [1.82, 2.24) is 29.3 Å². The summed E-state index contributed by atoms with van der Waals surface area (Å²) in [6, 6.07) is 15.9. The molecule has 6 rings (SSSR count). The molecule has 0 radical (unpaired) electrons. The van der Waals surface area contributed by atoms with Gasteiger partial charge in [-0.05, 0) is 35.2 Å². The van der Waals surface area contributed by atoms with Crippen LogP contribution < -0.4 is 5.69 Å². The Morgan fingerprint density at radius 1 is 1.10 bits per heavy atom. The van der Waals surface area contributed by atoms with Crippen molar-refractivity contribution in [3.05, 3.63) is 93.8 Å². The van der Waals surface area contributed by atoms with Crippen LogP contribution in [0.2, 0.25) is 0 Å². The molecule has 0 saturated carbocycles. The minimum atomic E-state index is -4.54. The van der Waals surface area contributed by atoms with E-state index in [2.05, 4.69) is 28.9 Å². The lowest BCUT2D eigenvalue weighted by molar-refractivity contribution is -0.141. The largest absolute Gasteiger partial charge is 0.435 e. The number of ether oxygens (including phenoxy) is 1. The Bertz CT molecular complexity index is 1710. The Morgan fingerprint density at radius 3 is 2.51 bits per heavy atom. The number of hydrogen-bond donors (Lipinski definition) is 1. The zero-order valence-corrected chi connectivity index (χ0v) is 21.2. The number of benzene rings is 2. The number of nitrogens with zero attached hydrogens (tertiary/aromatic N) is 5. The van der Waals surface area contributed by atoms with Crippen LogP contribution in [0.5, 0.6) is 0 Å². The van der Waals surface area contributed by atoms with Gasteiger partial charge in [0.05, 0.1) is 37.3 Å². The molecule has 1 saturated heterocycles. The molecule has 3 aromatic heterocycles. The first-order valence-electron chi connectivity index (χ1n) is 12.6. The van der Waals surface area contributed by atoms with E-state index in [0.29, 0.717) is 41.6 Å². The fraction of sp³-hybridized carbons (Fsp3) is 0.286. The number of halogens is 3. The number of rotatable bonds is 6. The maximum atomic E-state index is 13.4. The van der Waals surface area contributed by atoms with Crippen LogP contribution in [0.4, 0.5) is 13.2 Å². The zero-order valence-electron chi connectivity index (χ0n) is 21.2. The van der Waals surface area contributed by atoms with Gasteiger partial charge in [0.15, 0.2) is 17.2 Å². The zero-order chi connectivity index (χ0) is 27.3. The van der Waals surface area contributed by atoms with Gasteiger partial charge in [-0.25, -0.2) is 19.4 Å². The van der Waals surface area contributed by atoms with Crippen molar-refractivity contribution in [1.29, 1.82) is 0 Å². The Hall–Kier alpha value is -4.25. The predicted molar refractivity (Wildman–Crippen MR) is 139 cm³/mol. The monoisotopic (exact) mass is 534 g/mol. The number of nitrogens with one attached hydrogen (secondary N) is 1. The van der Waals surface area contributed by atoms with E-state index in [4.69, 9.17) is 9.72 Å². The molecule has 5 aromatic rings. The molecule has 8 nitrogen and oxygen atoms in total. The van der Waals surface area contributed by atoms with E-state index in [1.807, 2.05) is 24.3 Å². The summed E-state index contributed by atoms with van der Waals surface area (Å²) in [7, 11) is 0. The van der Waals surface area contributed by atoms with E-state index >= 15 is 0 Å². The molecule has 0 atom stereocenters. The van der Waals surface area contributed by atoms with Gasteiger partial charge in [-0.1, -0.05) is 50.2 Å². The number of hydrogen-bond acceptors (Lipinski definition) is 5. The molecule has 0 aliphatic carbocycles. The summed E-state index contributed by atoms with van der Waals surface area (Å²) in [4.78, 5) is 24.8. The summed E-state index contributed by atoms with van der Waals surface area (Å²) >= 11 is 0. The Kier molecular flexibility index (Phi) is 6.10. The number of imidazole rings is 1. The lowest BCUT2D eigenvalue weighted by Gasteiger charge is -2.26. The Balaban J connectivity index is 1.33. The topological polar surface area (TPSA) is 90.6 Å². The van der Waals surface area contributed by atoms with E-state index in [-0.39, 0.29) is 24.1 Å². The smallest absolute Gasteiger partial charge is 0.380 e. The van der Waals surface area contributed by atoms with Crippen molar-refractivity contribution in [2.45, 2.75) is 38.4 Å². The van der Waals surface area contributed by atoms with Crippen LogP contribution in [0, 0.1) is 0 Å². The lowest BCUT2D eigenvalue weighted by atomic mass is 9.97. The van der Waals surface area contributed by atoms with Crippen LogP contribution in [-0.2, 0) is 17.5 Å². The molecule has 0 spiro atoms. The maximum Gasteiger partial charge on any atom is 0.435 e. The number of H-pyrrole nitrogens is 1. The van der Waals surface area contributed by atoms with Crippen molar-refractivity contribution < 1.29 is 17.9 Å². The standard InChI is InChI=1S/C28H25F3N6O2/c1-16(2)20-5-3-4-6-21(20)25-32-12-22-26(34-25)36(27(38)33-22)13-17-7-9-19(10-8-17)37-23(18-14-39-15-18)11-24(35-37)28(29,30)31/h3-12,16,18H,13-15H2,1-2H3,(H,33,38). The van der Waals surface area contributed by atoms with E-state index in [1.165, 1.54) is 9.25 Å². The van der Waals surface area contributed by atoms with Gasteiger partial charge in [-0.2, -0.15) is 18.3 Å². The molecule has 0 bridgehead atoms. The van der Waals surface area contributed by atoms with Gasteiger partial charge in [-0.3, -0.25) is 4.57 Å². The van der Waals surface area contributed by atoms with Gasteiger partial charge in [0.2, 0.25) is 0 Å². The highest BCUT2D eigenvalue weighted by Gasteiger charge is 2.37. The molecule has 200 valence electrons. The van der Waals surface area contributed by atoms with Crippen LogP contribution in [0.25, 0.3) is 28.2 Å². The SMILES string of the molecule is CC(C)c1ccccc1-c1ncc2[nH]c(=O)n(Cc3ccc(-n4nc(C(F)(F)F)cc4C4COC4)cc3)c2n1. The molecule has 1 N–H and O–H groups in total. The third-order valence-electron chi connectivity index (χ3n) is 6.94. The third kappa shape index (κ3) is 4.63. The molecule has 1 aliphatic rings. The van der Waals surface area contributed by atoms with Crippen LogP contribution in [0.1, 0.15) is 48.2 Å². The second kappa shape index (κ2) is 9.49. The highest BCUT2D eigenvalue weighted by atomic mass is 19.4.